The van der Waals surface area contributed by atoms with Gasteiger partial charge in [0.1, 0.15) is 17.6 Å². The Morgan fingerprint density at radius 3 is 2.71 bits per heavy atom. The molecule has 2 aromatic carbocycles. The minimum atomic E-state index is -0.258. The Morgan fingerprint density at radius 1 is 1.11 bits per heavy atom. The van der Waals surface area contributed by atoms with E-state index in [2.05, 4.69) is 11.1 Å². The van der Waals surface area contributed by atoms with Crippen molar-refractivity contribution in [2.45, 2.75) is 6.10 Å². The number of pyridine rings is 1. The number of nitrogens with zero attached hydrogens (tertiary/aromatic N) is 2. The normalized spacial score (nSPS) is 16.8. The molecule has 4 rings (SSSR count). The third-order valence-electron chi connectivity index (χ3n) is 4.97. The SMILES string of the molecule is COc1ccc(C(=O)N2CCO[C@@H](c3cc4ccccc4cn3)C2)c(OC)c1. The molecular weight excluding hydrogens is 356 g/mol. The van der Waals surface area contributed by atoms with Gasteiger partial charge in [-0.1, -0.05) is 24.3 Å². The van der Waals surface area contributed by atoms with Crippen molar-refractivity contribution in [1.82, 2.24) is 9.88 Å². The van der Waals surface area contributed by atoms with Crippen molar-refractivity contribution in [2.24, 2.45) is 0 Å². The van der Waals surface area contributed by atoms with Crippen LogP contribution < -0.4 is 9.47 Å². The van der Waals surface area contributed by atoms with Crippen LogP contribution >= 0.6 is 0 Å². The van der Waals surface area contributed by atoms with Gasteiger partial charge in [0.25, 0.3) is 5.91 Å². The van der Waals surface area contributed by atoms with Crippen LogP contribution in [0.1, 0.15) is 22.2 Å². The molecule has 1 aliphatic rings. The summed E-state index contributed by atoms with van der Waals surface area (Å²) < 4.78 is 16.5. The second-order valence-electron chi connectivity index (χ2n) is 6.63. The maximum atomic E-state index is 13.1. The summed E-state index contributed by atoms with van der Waals surface area (Å²) in [7, 11) is 3.13. The number of morpholine rings is 1. The Kier molecular flexibility index (Phi) is 5.12. The molecule has 2 heterocycles. The van der Waals surface area contributed by atoms with Crippen LogP contribution in [0.4, 0.5) is 0 Å². The van der Waals surface area contributed by atoms with E-state index in [4.69, 9.17) is 14.2 Å². The van der Waals surface area contributed by atoms with Crippen molar-refractivity contribution in [3.8, 4) is 11.5 Å². The summed E-state index contributed by atoms with van der Waals surface area (Å²) in [5.41, 5.74) is 1.34. The Morgan fingerprint density at radius 2 is 1.93 bits per heavy atom. The molecule has 1 atom stereocenters. The average Bonchev–Trinajstić information content (AvgIpc) is 2.77. The molecule has 1 amide bonds. The van der Waals surface area contributed by atoms with Crippen LogP contribution in [0.25, 0.3) is 10.8 Å². The zero-order valence-electron chi connectivity index (χ0n) is 15.9. The number of benzene rings is 2. The van der Waals surface area contributed by atoms with Gasteiger partial charge in [-0.2, -0.15) is 0 Å². The fourth-order valence-corrected chi connectivity index (χ4v) is 3.43. The molecule has 0 bridgehead atoms. The smallest absolute Gasteiger partial charge is 0.257 e. The molecule has 0 spiro atoms. The first kappa shape index (κ1) is 18.3. The fourth-order valence-electron chi connectivity index (χ4n) is 3.43. The van der Waals surface area contributed by atoms with E-state index in [9.17, 15) is 4.79 Å². The molecule has 6 nitrogen and oxygen atoms in total. The van der Waals surface area contributed by atoms with Gasteiger partial charge in [-0.3, -0.25) is 9.78 Å². The van der Waals surface area contributed by atoms with Gasteiger partial charge in [-0.05, 0) is 23.6 Å². The van der Waals surface area contributed by atoms with Gasteiger partial charge in [0.2, 0.25) is 0 Å². The summed E-state index contributed by atoms with van der Waals surface area (Å²) in [5.74, 6) is 1.05. The molecule has 28 heavy (non-hydrogen) atoms. The lowest BCUT2D eigenvalue weighted by Crippen LogP contribution is -2.42. The van der Waals surface area contributed by atoms with E-state index in [0.29, 0.717) is 36.8 Å². The molecule has 6 heteroatoms. The lowest BCUT2D eigenvalue weighted by atomic mass is 10.1. The van der Waals surface area contributed by atoms with Crippen molar-refractivity contribution < 1.29 is 19.0 Å². The Labute approximate surface area is 163 Å². The van der Waals surface area contributed by atoms with Crippen LogP contribution in [0.5, 0.6) is 11.5 Å². The first-order valence-electron chi connectivity index (χ1n) is 9.17. The van der Waals surface area contributed by atoms with E-state index < -0.39 is 0 Å². The van der Waals surface area contributed by atoms with Crippen LogP contribution in [0, 0.1) is 0 Å². The Balaban J connectivity index is 1.57. The van der Waals surface area contributed by atoms with Crippen LogP contribution in [0.2, 0.25) is 0 Å². The highest BCUT2D eigenvalue weighted by Crippen LogP contribution is 2.29. The molecule has 1 saturated heterocycles. The Hall–Kier alpha value is -3.12. The molecule has 1 aliphatic heterocycles. The summed E-state index contributed by atoms with van der Waals surface area (Å²) in [5, 5.41) is 2.19. The number of carbonyl (C=O) groups is 1. The number of hydrogen-bond donors (Lipinski definition) is 0. The monoisotopic (exact) mass is 378 g/mol. The molecule has 1 aromatic heterocycles. The molecule has 1 fully saturated rings. The number of methoxy groups -OCH3 is 2. The van der Waals surface area contributed by atoms with Crippen LogP contribution in [0.3, 0.4) is 0 Å². The topological polar surface area (TPSA) is 60.9 Å². The molecule has 3 aromatic rings. The maximum Gasteiger partial charge on any atom is 0.257 e. The van der Waals surface area contributed by atoms with Gasteiger partial charge < -0.3 is 19.1 Å². The van der Waals surface area contributed by atoms with Crippen molar-refractivity contribution in [2.75, 3.05) is 33.9 Å². The van der Waals surface area contributed by atoms with E-state index in [1.165, 1.54) is 0 Å². The van der Waals surface area contributed by atoms with Crippen molar-refractivity contribution in [3.05, 3.63) is 66.0 Å². The molecule has 0 saturated carbocycles. The third kappa shape index (κ3) is 3.51. The molecule has 144 valence electrons. The summed E-state index contributed by atoms with van der Waals surface area (Å²) in [6.07, 6.45) is 1.59. The second-order valence-corrected chi connectivity index (χ2v) is 6.63. The largest absolute Gasteiger partial charge is 0.497 e. The molecular formula is C22H22N2O4. The number of fused-ring (bicyclic) bond motifs is 1. The van der Waals surface area contributed by atoms with Crippen molar-refractivity contribution in [3.63, 3.8) is 0 Å². The first-order chi connectivity index (χ1) is 13.7. The fraction of sp³-hybridized carbons (Fsp3) is 0.273. The summed E-state index contributed by atoms with van der Waals surface area (Å²) in [6.45, 7) is 1.43. The first-order valence-corrected chi connectivity index (χ1v) is 9.17. The van der Waals surface area contributed by atoms with E-state index in [1.54, 1.807) is 37.3 Å². The summed E-state index contributed by atoms with van der Waals surface area (Å²) in [6, 6.07) is 15.3. The minimum Gasteiger partial charge on any atom is -0.497 e. The van der Waals surface area contributed by atoms with Crippen LogP contribution in [0.15, 0.2) is 54.7 Å². The highest BCUT2D eigenvalue weighted by molar-refractivity contribution is 5.97. The Bertz CT molecular complexity index is 1000. The lowest BCUT2D eigenvalue weighted by molar-refractivity contribution is -0.0247. The van der Waals surface area contributed by atoms with Crippen molar-refractivity contribution in [1.29, 1.82) is 0 Å². The average molecular weight is 378 g/mol. The van der Waals surface area contributed by atoms with E-state index in [-0.39, 0.29) is 12.0 Å². The van der Waals surface area contributed by atoms with Gasteiger partial charge >= 0.3 is 0 Å². The number of ether oxygens (including phenoxy) is 3. The molecule has 0 aliphatic carbocycles. The van der Waals surface area contributed by atoms with E-state index in [1.807, 2.05) is 30.5 Å². The quantitative estimate of drug-likeness (QED) is 0.696. The van der Waals surface area contributed by atoms with E-state index >= 15 is 0 Å². The molecule has 0 N–H and O–H groups in total. The maximum absolute atomic E-state index is 13.1. The lowest BCUT2D eigenvalue weighted by Gasteiger charge is -2.33. The number of aromatic nitrogens is 1. The molecule has 0 unspecified atom stereocenters. The number of amides is 1. The van der Waals surface area contributed by atoms with Gasteiger partial charge in [0, 0.05) is 24.2 Å². The third-order valence-corrected chi connectivity index (χ3v) is 4.97. The standard InChI is InChI=1S/C22H22N2O4/c1-26-17-7-8-18(20(12-17)27-2)22(25)24-9-10-28-21(14-24)19-11-15-5-3-4-6-16(15)13-23-19/h3-8,11-13,21H,9-10,14H2,1-2H3/t21-/m1/s1. The van der Waals surface area contributed by atoms with Crippen LogP contribution in [-0.4, -0.2) is 49.7 Å². The van der Waals surface area contributed by atoms with E-state index in [0.717, 1.165) is 16.5 Å². The minimum absolute atomic E-state index is 0.0893. The predicted molar refractivity (Wildman–Crippen MR) is 106 cm³/mol. The summed E-state index contributed by atoms with van der Waals surface area (Å²) >= 11 is 0. The second kappa shape index (κ2) is 7.86. The number of hydrogen-bond acceptors (Lipinski definition) is 5. The van der Waals surface area contributed by atoms with Crippen LogP contribution in [-0.2, 0) is 4.74 Å². The number of rotatable bonds is 4. The van der Waals surface area contributed by atoms with Gasteiger partial charge in [0.15, 0.2) is 0 Å². The van der Waals surface area contributed by atoms with Gasteiger partial charge in [-0.25, -0.2) is 0 Å². The summed E-state index contributed by atoms with van der Waals surface area (Å²) in [4.78, 5) is 19.4. The zero-order chi connectivity index (χ0) is 19.5. The molecule has 0 radical (unpaired) electrons. The highest BCUT2D eigenvalue weighted by Gasteiger charge is 2.28. The zero-order valence-corrected chi connectivity index (χ0v) is 15.9. The van der Waals surface area contributed by atoms with Crippen molar-refractivity contribution >= 4 is 16.7 Å². The number of carbonyl (C=O) groups excluding carboxylic acids is 1. The predicted octanol–water partition coefficient (Wildman–Crippen LogP) is 3.47. The highest BCUT2D eigenvalue weighted by atomic mass is 16.5. The van der Waals surface area contributed by atoms with Gasteiger partial charge in [0.05, 0.1) is 38.6 Å². The van der Waals surface area contributed by atoms with Gasteiger partial charge in [-0.15, -0.1) is 0 Å².